The van der Waals surface area contributed by atoms with Crippen LogP contribution in [-0.2, 0) is 0 Å². The monoisotopic (exact) mass is 262 g/mol. The maximum Gasteiger partial charge on any atom is 0.140 e. The van der Waals surface area contributed by atoms with Crippen molar-refractivity contribution in [2.75, 3.05) is 0 Å². The summed E-state index contributed by atoms with van der Waals surface area (Å²) in [5.74, 6) is 0. The van der Waals surface area contributed by atoms with Gasteiger partial charge in [0.05, 0.1) is 0 Å². The fourth-order valence-corrected chi connectivity index (χ4v) is 3.54. The molecule has 9 heteroatoms. The molecule has 94 valence electrons. The minimum Gasteiger partial charge on any atom is -0.102 e. The molecule has 2 rings (SSSR count). The molecule has 0 bridgehead atoms. The SMILES string of the molecule is Bc1cc(B)c(-c2c(B)c(B)c(B)c(B)c2B)c(B)c1B. The van der Waals surface area contributed by atoms with Crippen molar-refractivity contribution in [2.45, 2.75) is 0 Å². The van der Waals surface area contributed by atoms with Crippen molar-refractivity contribution in [1.29, 1.82) is 0 Å². The molecule has 0 spiro atoms. The lowest BCUT2D eigenvalue weighted by Crippen LogP contribution is -2.56. The first-order valence-electron chi connectivity index (χ1n) is 7.83. The third kappa shape index (κ3) is 2.49. The molecule has 2 aromatic rings. The van der Waals surface area contributed by atoms with Crippen LogP contribution in [0.5, 0.6) is 0 Å². The Kier molecular flexibility index (Phi) is 4.42. The lowest BCUT2D eigenvalue weighted by Gasteiger charge is -2.25. The summed E-state index contributed by atoms with van der Waals surface area (Å²) >= 11 is 0. The Labute approximate surface area is 137 Å². The summed E-state index contributed by atoms with van der Waals surface area (Å²) in [6.07, 6.45) is 0. The lowest BCUT2D eigenvalue weighted by atomic mass is 9.57. The number of hydrogen-bond acceptors (Lipinski definition) is 0. The van der Waals surface area contributed by atoms with Gasteiger partial charge >= 0.3 is 0 Å². The van der Waals surface area contributed by atoms with E-state index in [0.717, 1.165) is 0 Å². The Balaban J connectivity index is 2.96. The van der Waals surface area contributed by atoms with E-state index in [-0.39, 0.29) is 0 Å². The van der Waals surface area contributed by atoms with E-state index in [9.17, 15) is 0 Å². The van der Waals surface area contributed by atoms with Gasteiger partial charge in [-0.15, -0.1) is 21.9 Å². The Morgan fingerprint density at radius 2 is 0.762 bits per heavy atom. The quantitative estimate of drug-likeness (QED) is 0.447. The summed E-state index contributed by atoms with van der Waals surface area (Å²) < 4.78 is 0. The molecular weight excluding hydrogens is 241 g/mol. The van der Waals surface area contributed by atoms with Gasteiger partial charge in [0.25, 0.3) is 0 Å². The molecule has 21 heavy (non-hydrogen) atoms. The van der Waals surface area contributed by atoms with Crippen LogP contribution in [0, 0.1) is 0 Å². The molecule has 0 atom stereocenters. The van der Waals surface area contributed by atoms with Gasteiger partial charge in [-0.05, 0) is 11.1 Å². The van der Waals surface area contributed by atoms with Crippen molar-refractivity contribution < 1.29 is 0 Å². The van der Waals surface area contributed by atoms with Gasteiger partial charge in [0.2, 0.25) is 0 Å². The Morgan fingerprint density at radius 1 is 0.381 bits per heavy atom. The molecule has 2 aromatic carbocycles. The molecule has 0 saturated heterocycles. The number of hydrogen-bond donors (Lipinski definition) is 0. The molecule has 0 nitrogen and oxygen atoms in total. The topological polar surface area (TPSA) is 0 Å². The highest BCUT2D eigenvalue weighted by Gasteiger charge is 2.17. The van der Waals surface area contributed by atoms with Crippen LogP contribution in [0.3, 0.4) is 0 Å². The second-order valence-corrected chi connectivity index (χ2v) is 6.64. The first-order chi connectivity index (χ1) is 9.68. The van der Waals surface area contributed by atoms with Gasteiger partial charge in [-0.3, -0.25) is 0 Å². The third-order valence-corrected chi connectivity index (χ3v) is 5.61. The van der Waals surface area contributed by atoms with Crippen LogP contribution >= 0.6 is 0 Å². The van der Waals surface area contributed by atoms with Crippen molar-refractivity contribution in [3.8, 4) is 11.1 Å². The van der Waals surface area contributed by atoms with Crippen LogP contribution in [0.2, 0.25) is 0 Å². The molecule has 0 fully saturated rings. The van der Waals surface area contributed by atoms with Gasteiger partial charge in [-0.25, -0.2) is 0 Å². The second-order valence-electron chi connectivity index (χ2n) is 6.64. The van der Waals surface area contributed by atoms with Crippen molar-refractivity contribution in [1.82, 2.24) is 0 Å². The van der Waals surface area contributed by atoms with Crippen LogP contribution in [-0.4, -0.2) is 70.6 Å². The van der Waals surface area contributed by atoms with E-state index < -0.39 is 0 Å². The van der Waals surface area contributed by atoms with Crippen LogP contribution in [0.1, 0.15) is 0 Å². The Bertz CT molecular complexity index is 722. The summed E-state index contributed by atoms with van der Waals surface area (Å²) in [6, 6.07) is 2.33. The normalized spacial score (nSPS) is 10.7. The highest BCUT2D eigenvalue weighted by atomic mass is 14.1. The molecule has 0 aliphatic carbocycles. The predicted molar refractivity (Wildman–Crippen MR) is 125 cm³/mol. The highest BCUT2D eigenvalue weighted by Crippen LogP contribution is 2.05. The summed E-state index contributed by atoms with van der Waals surface area (Å²) in [7, 11) is 20.3. The molecule has 0 aliphatic rings. The number of rotatable bonds is 1. The van der Waals surface area contributed by atoms with Crippen LogP contribution in [0.15, 0.2) is 6.07 Å². The van der Waals surface area contributed by atoms with Crippen molar-refractivity contribution in [3.05, 3.63) is 6.07 Å². The lowest BCUT2D eigenvalue weighted by molar-refractivity contribution is 1.87. The van der Waals surface area contributed by atoms with Gasteiger partial charge in [-0.2, -0.15) is 0 Å². The van der Waals surface area contributed by atoms with E-state index in [1.807, 2.05) is 0 Å². The van der Waals surface area contributed by atoms with Crippen molar-refractivity contribution in [2.24, 2.45) is 0 Å². The predicted octanol–water partition coefficient (Wildman–Crippen LogP) is -12.3. The van der Waals surface area contributed by atoms with Gasteiger partial charge < -0.3 is 0 Å². The van der Waals surface area contributed by atoms with Crippen molar-refractivity contribution >= 4 is 120 Å². The zero-order valence-corrected chi connectivity index (χ0v) is 15.1. The summed E-state index contributed by atoms with van der Waals surface area (Å²) in [4.78, 5) is 0. The van der Waals surface area contributed by atoms with E-state index in [1.54, 1.807) is 0 Å². The van der Waals surface area contributed by atoms with Crippen LogP contribution in [0.25, 0.3) is 11.1 Å². The molecule has 0 aliphatic heterocycles. The molecule has 0 unspecified atom stereocenters. The van der Waals surface area contributed by atoms with Gasteiger partial charge in [0, 0.05) is 0 Å². The summed E-state index contributed by atoms with van der Waals surface area (Å²) in [6.45, 7) is 0. The van der Waals surface area contributed by atoms with Crippen LogP contribution < -0.4 is 49.2 Å². The van der Waals surface area contributed by atoms with E-state index in [0.29, 0.717) is 0 Å². The Morgan fingerprint density at radius 3 is 1.24 bits per heavy atom. The molecule has 0 N–H and O–H groups in total. The van der Waals surface area contributed by atoms with E-state index in [1.165, 1.54) is 60.3 Å². The largest absolute Gasteiger partial charge is 0.140 e. The molecule has 0 aromatic heterocycles. The smallest absolute Gasteiger partial charge is 0.102 e. The minimum atomic E-state index is 1.39. The standard InChI is InChI=1S/C12H19B9/c13-2-1-3(14)6(15)7(16)4(2)5-8(17)10(19)12(21)11(20)9(5)18/h1H,13-21H2. The van der Waals surface area contributed by atoms with Crippen LogP contribution in [0.4, 0.5) is 0 Å². The summed E-state index contributed by atoms with van der Waals surface area (Å²) in [5, 5.41) is 0. The fourth-order valence-electron chi connectivity index (χ4n) is 3.54. The second kappa shape index (κ2) is 5.67. The van der Waals surface area contributed by atoms with E-state index in [2.05, 4.69) is 76.7 Å². The summed E-state index contributed by atoms with van der Waals surface area (Å²) in [5.41, 5.74) is 15.7. The van der Waals surface area contributed by atoms with Gasteiger partial charge in [0.15, 0.2) is 0 Å². The molecule has 0 radical (unpaired) electrons. The van der Waals surface area contributed by atoms with E-state index >= 15 is 0 Å². The maximum absolute atomic E-state index is 2.33. The molecule has 0 heterocycles. The zero-order valence-electron chi connectivity index (χ0n) is 15.1. The van der Waals surface area contributed by atoms with Gasteiger partial charge in [-0.1, -0.05) is 33.4 Å². The average Bonchev–Trinajstić information content (AvgIpc) is 2.44. The van der Waals surface area contributed by atoms with Gasteiger partial charge in [0.1, 0.15) is 70.6 Å². The molecule has 0 amide bonds. The maximum atomic E-state index is 2.33. The fraction of sp³-hybridized carbons (Fsp3) is 0. The zero-order chi connectivity index (χ0) is 16.1. The minimum absolute atomic E-state index is 1.39. The first kappa shape index (κ1) is 16.4. The highest BCUT2D eigenvalue weighted by molar-refractivity contribution is 6.70. The average molecular weight is 261 g/mol. The van der Waals surface area contributed by atoms with E-state index in [4.69, 9.17) is 0 Å². The Hall–Kier alpha value is -0.976. The molecular formula is C12H19B9. The first-order valence-corrected chi connectivity index (χ1v) is 7.83. The van der Waals surface area contributed by atoms with Crippen molar-refractivity contribution in [3.63, 3.8) is 0 Å². The number of benzene rings is 2. The molecule has 0 saturated carbocycles. The third-order valence-electron chi connectivity index (χ3n) is 5.61.